The van der Waals surface area contributed by atoms with E-state index in [0.717, 1.165) is 12.8 Å². The Kier molecular flexibility index (Phi) is 5.60. The molecule has 18 heavy (non-hydrogen) atoms. The number of rotatable bonds is 5. The van der Waals surface area contributed by atoms with Crippen molar-refractivity contribution in [2.24, 2.45) is 17.6 Å². The second-order valence-corrected chi connectivity index (χ2v) is 5.78. The summed E-state index contributed by atoms with van der Waals surface area (Å²) in [6.07, 6.45) is 1.95. The standard InChI is InChI=1S/C14H28N2O2/c1-5-6-14(9-15)10-16(7-8-18-14)13(17)12(4)11(2)3/h11-12H,5-10,15H2,1-4H3. The third-order valence-electron chi connectivity index (χ3n) is 4.03. The number of amides is 1. The van der Waals surface area contributed by atoms with E-state index < -0.39 is 0 Å². The van der Waals surface area contributed by atoms with Crippen LogP contribution in [0.25, 0.3) is 0 Å². The molecule has 0 aromatic heterocycles. The number of carbonyl (C=O) groups excluding carboxylic acids is 1. The summed E-state index contributed by atoms with van der Waals surface area (Å²) in [5.74, 6) is 0.682. The molecule has 1 amide bonds. The molecule has 2 N–H and O–H groups in total. The van der Waals surface area contributed by atoms with Gasteiger partial charge in [-0.15, -0.1) is 0 Å². The molecule has 0 saturated carbocycles. The van der Waals surface area contributed by atoms with Gasteiger partial charge in [-0.3, -0.25) is 4.79 Å². The molecule has 0 spiro atoms. The van der Waals surface area contributed by atoms with Crippen molar-refractivity contribution in [3.05, 3.63) is 0 Å². The van der Waals surface area contributed by atoms with Gasteiger partial charge < -0.3 is 15.4 Å². The van der Waals surface area contributed by atoms with Crippen LogP contribution in [0.1, 0.15) is 40.5 Å². The van der Waals surface area contributed by atoms with Gasteiger partial charge in [0.05, 0.1) is 18.8 Å². The van der Waals surface area contributed by atoms with Crippen molar-refractivity contribution in [1.29, 1.82) is 0 Å². The van der Waals surface area contributed by atoms with E-state index in [0.29, 0.717) is 32.2 Å². The third-order valence-corrected chi connectivity index (χ3v) is 4.03. The zero-order valence-corrected chi connectivity index (χ0v) is 12.2. The molecule has 1 aliphatic rings. The summed E-state index contributed by atoms with van der Waals surface area (Å²) < 4.78 is 5.86. The van der Waals surface area contributed by atoms with Gasteiger partial charge in [0.2, 0.25) is 5.91 Å². The molecule has 1 saturated heterocycles. The van der Waals surface area contributed by atoms with Crippen LogP contribution in [0.15, 0.2) is 0 Å². The molecule has 4 nitrogen and oxygen atoms in total. The van der Waals surface area contributed by atoms with Gasteiger partial charge in [0.25, 0.3) is 0 Å². The van der Waals surface area contributed by atoms with Crippen LogP contribution < -0.4 is 5.73 Å². The minimum atomic E-state index is -0.320. The summed E-state index contributed by atoms with van der Waals surface area (Å²) in [6, 6.07) is 0. The predicted molar refractivity (Wildman–Crippen MR) is 73.2 cm³/mol. The maximum atomic E-state index is 12.4. The fraction of sp³-hybridized carbons (Fsp3) is 0.929. The van der Waals surface area contributed by atoms with Gasteiger partial charge in [-0.25, -0.2) is 0 Å². The molecule has 1 rings (SSSR count). The van der Waals surface area contributed by atoms with Crippen LogP contribution in [0.3, 0.4) is 0 Å². The molecular weight excluding hydrogens is 228 g/mol. The minimum absolute atomic E-state index is 0.0696. The van der Waals surface area contributed by atoms with E-state index >= 15 is 0 Å². The van der Waals surface area contributed by atoms with Crippen molar-refractivity contribution in [3.63, 3.8) is 0 Å². The van der Waals surface area contributed by atoms with E-state index in [-0.39, 0.29) is 17.4 Å². The third kappa shape index (κ3) is 3.45. The Morgan fingerprint density at radius 3 is 2.61 bits per heavy atom. The molecule has 2 atom stereocenters. The van der Waals surface area contributed by atoms with Crippen LogP contribution in [0.5, 0.6) is 0 Å². The predicted octanol–water partition coefficient (Wildman–Crippen LogP) is 1.63. The first-order valence-corrected chi connectivity index (χ1v) is 7.08. The number of nitrogens with two attached hydrogens (primary N) is 1. The van der Waals surface area contributed by atoms with Crippen molar-refractivity contribution in [2.75, 3.05) is 26.2 Å². The zero-order valence-electron chi connectivity index (χ0n) is 12.2. The van der Waals surface area contributed by atoms with Gasteiger partial charge in [-0.1, -0.05) is 34.1 Å². The Hall–Kier alpha value is -0.610. The van der Waals surface area contributed by atoms with Gasteiger partial charge in [0.1, 0.15) is 0 Å². The van der Waals surface area contributed by atoms with E-state index in [1.54, 1.807) is 0 Å². The number of nitrogens with zero attached hydrogens (tertiary/aromatic N) is 1. The molecule has 0 aliphatic carbocycles. The van der Waals surface area contributed by atoms with E-state index in [1.165, 1.54) is 0 Å². The second kappa shape index (κ2) is 6.53. The van der Waals surface area contributed by atoms with Crippen molar-refractivity contribution in [1.82, 2.24) is 4.90 Å². The van der Waals surface area contributed by atoms with Gasteiger partial charge in [-0.05, 0) is 12.3 Å². The van der Waals surface area contributed by atoms with Crippen molar-refractivity contribution in [2.45, 2.75) is 46.1 Å². The fourth-order valence-corrected chi connectivity index (χ4v) is 2.44. The second-order valence-electron chi connectivity index (χ2n) is 5.78. The molecule has 0 radical (unpaired) electrons. The number of hydrogen-bond acceptors (Lipinski definition) is 3. The number of ether oxygens (including phenoxy) is 1. The monoisotopic (exact) mass is 256 g/mol. The van der Waals surface area contributed by atoms with Crippen LogP contribution in [0.2, 0.25) is 0 Å². The van der Waals surface area contributed by atoms with Crippen LogP contribution in [0.4, 0.5) is 0 Å². The van der Waals surface area contributed by atoms with Crippen LogP contribution in [-0.4, -0.2) is 42.6 Å². The number of morpholine rings is 1. The van der Waals surface area contributed by atoms with Crippen LogP contribution in [-0.2, 0) is 9.53 Å². The van der Waals surface area contributed by atoms with E-state index in [9.17, 15) is 4.79 Å². The number of hydrogen-bond donors (Lipinski definition) is 1. The van der Waals surface area contributed by atoms with Gasteiger partial charge >= 0.3 is 0 Å². The Balaban J connectivity index is 2.71. The molecule has 2 unspecified atom stereocenters. The normalized spacial score (nSPS) is 26.4. The smallest absolute Gasteiger partial charge is 0.225 e. The Bertz CT molecular complexity index is 277. The maximum absolute atomic E-state index is 12.4. The zero-order chi connectivity index (χ0) is 13.8. The first kappa shape index (κ1) is 15.4. The van der Waals surface area contributed by atoms with E-state index in [1.807, 2.05) is 11.8 Å². The average Bonchev–Trinajstić information content (AvgIpc) is 2.37. The summed E-state index contributed by atoms with van der Waals surface area (Å²) in [6.45, 7) is 10.7. The summed E-state index contributed by atoms with van der Waals surface area (Å²) in [5, 5.41) is 0. The van der Waals surface area contributed by atoms with Crippen molar-refractivity contribution >= 4 is 5.91 Å². The highest BCUT2D eigenvalue weighted by molar-refractivity contribution is 5.78. The van der Waals surface area contributed by atoms with E-state index in [4.69, 9.17) is 10.5 Å². The Labute approximate surface area is 111 Å². The molecule has 0 bridgehead atoms. The maximum Gasteiger partial charge on any atom is 0.225 e. The Morgan fingerprint density at radius 1 is 1.44 bits per heavy atom. The van der Waals surface area contributed by atoms with Crippen molar-refractivity contribution in [3.8, 4) is 0 Å². The summed E-state index contributed by atoms with van der Waals surface area (Å²) >= 11 is 0. The quantitative estimate of drug-likeness (QED) is 0.813. The molecular formula is C14H28N2O2. The molecule has 0 aromatic rings. The molecule has 4 heteroatoms. The fourth-order valence-electron chi connectivity index (χ4n) is 2.44. The lowest BCUT2D eigenvalue weighted by atomic mass is 9.92. The average molecular weight is 256 g/mol. The van der Waals surface area contributed by atoms with Crippen LogP contribution >= 0.6 is 0 Å². The molecule has 1 aliphatic heterocycles. The summed E-state index contributed by atoms with van der Waals surface area (Å²) in [4.78, 5) is 14.3. The van der Waals surface area contributed by atoms with Gasteiger partial charge in [0.15, 0.2) is 0 Å². The topological polar surface area (TPSA) is 55.6 Å². The lowest BCUT2D eigenvalue weighted by Crippen LogP contribution is -2.58. The van der Waals surface area contributed by atoms with E-state index in [2.05, 4.69) is 20.8 Å². The highest BCUT2D eigenvalue weighted by Crippen LogP contribution is 2.24. The van der Waals surface area contributed by atoms with Crippen LogP contribution in [0, 0.1) is 11.8 Å². The van der Waals surface area contributed by atoms with Gasteiger partial charge in [0, 0.05) is 19.0 Å². The summed E-state index contributed by atoms with van der Waals surface area (Å²) in [7, 11) is 0. The first-order chi connectivity index (χ1) is 8.45. The Morgan fingerprint density at radius 2 is 2.11 bits per heavy atom. The lowest BCUT2D eigenvalue weighted by Gasteiger charge is -2.43. The molecule has 0 aromatic carbocycles. The van der Waals surface area contributed by atoms with Crippen molar-refractivity contribution < 1.29 is 9.53 Å². The largest absolute Gasteiger partial charge is 0.370 e. The highest BCUT2D eigenvalue weighted by Gasteiger charge is 2.37. The highest BCUT2D eigenvalue weighted by atomic mass is 16.5. The molecule has 106 valence electrons. The number of carbonyl (C=O) groups is 1. The SMILES string of the molecule is CCCC1(CN)CN(C(=O)C(C)C(C)C)CCO1. The van der Waals surface area contributed by atoms with Gasteiger partial charge in [-0.2, -0.15) is 0 Å². The first-order valence-electron chi connectivity index (χ1n) is 7.08. The lowest BCUT2D eigenvalue weighted by molar-refractivity contribution is -0.155. The minimum Gasteiger partial charge on any atom is -0.370 e. The molecule has 1 fully saturated rings. The summed E-state index contributed by atoms with van der Waals surface area (Å²) in [5.41, 5.74) is 5.54. The molecule has 1 heterocycles.